The summed E-state index contributed by atoms with van der Waals surface area (Å²) in [7, 11) is 1.50. The van der Waals surface area contributed by atoms with Crippen molar-refractivity contribution in [2.24, 2.45) is 34.6 Å². The van der Waals surface area contributed by atoms with Crippen molar-refractivity contribution >= 4 is 118 Å². The van der Waals surface area contributed by atoms with Gasteiger partial charge in [-0.2, -0.15) is 9.78 Å². The highest BCUT2D eigenvalue weighted by atomic mass is 32.2. The Labute approximate surface area is 668 Å². The van der Waals surface area contributed by atoms with Gasteiger partial charge in [0.2, 0.25) is 65.0 Å². The molecule has 0 unspecified atom stereocenters. The minimum Gasteiger partial charge on any atom is -0.481 e. The van der Waals surface area contributed by atoms with Crippen LogP contribution in [0.3, 0.4) is 0 Å². The highest BCUT2D eigenvalue weighted by Crippen LogP contribution is 2.34. The van der Waals surface area contributed by atoms with Crippen LogP contribution in [-0.2, 0) is 64.0 Å². The second-order valence-corrected chi connectivity index (χ2v) is 28.9. The van der Waals surface area contributed by atoms with Gasteiger partial charge in [0.15, 0.2) is 0 Å². The maximum absolute atomic E-state index is 15.2. The molecular weight excluding hydrogens is 1510 g/mol. The number of fused-ring (bicyclic) bond motifs is 1. The molecule has 0 saturated carbocycles. The Balaban J connectivity index is 1.31. The largest absolute Gasteiger partial charge is 0.481 e. The second kappa shape index (κ2) is 46.7. The Morgan fingerprint density at radius 1 is 0.652 bits per heavy atom. The fourth-order valence-electron chi connectivity index (χ4n) is 12.1. The minimum atomic E-state index is -1.86. The van der Waals surface area contributed by atoms with Crippen LogP contribution in [-0.4, -0.2) is 250 Å². The Bertz CT molecular complexity index is 4210. The average molecular weight is 1620 g/mol. The van der Waals surface area contributed by atoms with Gasteiger partial charge in [-0.05, 0) is 151 Å². The summed E-state index contributed by atoms with van der Waals surface area (Å²) < 4.78 is 1.08. The lowest BCUT2D eigenvalue weighted by molar-refractivity contribution is -0.137. The summed E-state index contributed by atoms with van der Waals surface area (Å²) in [6.07, 6.45) is -1.41. The molecule has 1 saturated heterocycles. The molecule has 13 amide bonds. The third-order valence-electron chi connectivity index (χ3n) is 18.2. The van der Waals surface area contributed by atoms with E-state index < -0.39 is 182 Å². The van der Waals surface area contributed by atoms with Crippen molar-refractivity contribution in [3.63, 3.8) is 0 Å². The number of carboxylic acids is 1. The lowest BCUT2D eigenvalue weighted by atomic mass is 10.00. The summed E-state index contributed by atoms with van der Waals surface area (Å²) in [5, 5.41) is 67.2. The van der Waals surface area contributed by atoms with Gasteiger partial charge in [0.1, 0.15) is 54.4 Å². The van der Waals surface area contributed by atoms with E-state index in [1.54, 1.807) is 123 Å². The molecule has 115 heavy (non-hydrogen) atoms. The van der Waals surface area contributed by atoms with Crippen LogP contribution in [0.1, 0.15) is 113 Å². The average Bonchev–Trinajstić information content (AvgIpc) is 1.63. The topological polar surface area (TPSA) is 608 Å². The summed E-state index contributed by atoms with van der Waals surface area (Å²) in [5.41, 5.74) is 31.9. The zero-order valence-electron chi connectivity index (χ0n) is 64.8. The normalized spacial score (nSPS) is 19.6. The summed E-state index contributed by atoms with van der Waals surface area (Å²) in [6.45, 7) is 3.35. The van der Waals surface area contributed by atoms with Crippen molar-refractivity contribution in [2.75, 3.05) is 59.4 Å². The van der Waals surface area contributed by atoms with Gasteiger partial charge in [-0.25, -0.2) is 4.79 Å². The number of rotatable bonds is 34. The molecule has 0 aliphatic carbocycles. The first-order valence-corrected chi connectivity index (χ1v) is 38.6. The number of aliphatic hydroxyl groups excluding tert-OH is 2. The van der Waals surface area contributed by atoms with E-state index in [4.69, 9.17) is 33.8 Å². The molecular formula is C76H107N21O17S. The molecule has 624 valence electrons. The number of pyridine rings is 1. The van der Waals surface area contributed by atoms with Gasteiger partial charge in [0, 0.05) is 73.9 Å². The molecule has 1 aliphatic rings. The van der Waals surface area contributed by atoms with Crippen LogP contribution in [0, 0.1) is 5.92 Å². The monoisotopic (exact) mass is 1620 g/mol. The number of nitrogens with zero attached hydrogens (tertiary/aromatic N) is 4. The van der Waals surface area contributed by atoms with Gasteiger partial charge in [0.05, 0.1) is 40.7 Å². The van der Waals surface area contributed by atoms with Gasteiger partial charge in [-0.3, -0.25) is 67.3 Å². The SMILES string of the molecule is CNC(=O)c1ccccc1Sc1ccc2c(/C=C/c3ccccn3)nn(C(=O)N(CCNC(=O)[C@@H](N)CCC(=O)O)CCC(=O)N[C@H](C(=O)N[C@@H](CCN)C(=O)N[C@H]3CCNC(=O)[C@H]([C@@H](C)O)NC(=O)[C@H](CCN)NC(=O)[C@H](CCN)NC(=O)[C@H](CC(C)C)NC(=O)[C@@H](Cc4ccccc4)NC(=O)[C@H](CCN)NC3=O)[C@@H](C)O)c2c1. The molecule has 25 N–H and O–H groups in total. The van der Waals surface area contributed by atoms with Crippen LogP contribution in [0.15, 0.2) is 107 Å². The number of carbonyl (C=O) groups is 14. The lowest BCUT2D eigenvalue weighted by Gasteiger charge is -2.28. The molecule has 38 nitrogen and oxygen atoms in total. The Morgan fingerprint density at radius 3 is 1.85 bits per heavy atom. The fourth-order valence-corrected chi connectivity index (χ4v) is 13.0. The van der Waals surface area contributed by atoms with Crippen LogP contribution >= 0.6 is 11.8 Å². The molecule has 3 heterocycles. The third kappa shape index (κ3) is 28.9. The predicted molar refractivity (Wildman–Crippen MR) is 424 cm³/mol. The Kier molecular flexibility index (Phi) is 37.6. The Hall–Kier alpha value is -11.3. The molecule has 1 fully saturated rings. The van der Waals surface area contributed by atoms with Crippen molar-refractivity contribution in [3.05, 3.63) is 120 Å². The number of amides is 13. The maximum Gasteiger partial charge on any atom is 0.345 e. The number of carbonyl (C=O) groups excluding carboxylic acids is 13. The molecule has 2 aromatic heterocycles. The van der Waals surface area contributed by atoms with Crippen molar-refractivity contribution in [1.29, 1.82) is 0 Å². The number of aliphatic hydroxyl groups is 2. The van der Waals surface area contributed by atoms with Gasteiger partial charge in [-0.1, -0.05) is 74.1 Å². The van der Waals surface area contributed by atoms with Crippen molar-refractivity contribution in [3.8, 4) is 0 Å². The number of aliphatic carboxylic acids is 1. The highest BCUT2D eigenvalue weighted by Gasteiger charge is 2.38. The molecule has 5 aromatic rings. The standard InChI is InChI=1S/C76H107N21O17S/c1-42(2)39-57-72(110)88-52(24-30-77)67(105)87-55(27-33-80)71(109)94-63(43(3)98)74(112)84-35-28-56(70(108)86-53(25-31-78)69(107)92-58(73(111)91-57)40-45-13-7-6-8-14-45)89-68(106)54(26-32-79)90-75(113)64(44(4)99)93-61(100)29-37-96(38-36-85-66(104)50(81)21-23-62(101)102)76(114)97-59-41-47(115-60-17-10-9-16-49(60)65(103)82-5)19-20-48(59)51(95-97)22-18-46-15-11-12-34-83-46/h6-20,22,34,41-44,50,52-58,63-64,98-99H,21,23-33,35-40,77-81H2,1-5H3,(H,82,103)(H,84,112)(H,85,104)(H,86,108)(H,87,105)(H,88,110)(H,89,106)(H,90,113)(H,91,111)(H,92,107)(H,93,100)(H,94,109)(H,101,102)/b22-18+/t43-,44-,50+,52+,53+,54+,55+,56+,57+,58-,63+,64+/m1/s1. The number of hydrogen-bond acceptors (Lipinski definition) is 24. The summed E-state index contributed by atoms with van der Waals surface area (Å²) in [6, 6.07) is 9.35. The van der Waals surface area contributed by atoms with E-state index in [2.05, 4.69) is 68.8 Å². The number of nitrogens with one attached hydrogen (secondary N) is 12. The van der Waals surface area contributed by atoms with E-state index in [-0.39, 0.29) is 102 Å². The lowest BCUT2D eigenvalue weighted by Crippen LogP contribution is -2.61. The molecule has 6 rings (SSSR count). The number of benzene rings is 3. The molecule has 0 radical (unpaired) electrons. The van der Waals surface area contributed by atoms with Crippen LogP contribution in [0.5, 0.6) is 0 Å². The second-order valence-electron chi connectivity index (χ2n) is 27.7. The van der Waals surface area contributed by atoms with E-state index in [1.165, 1.54) is 25.7 Å². The quantitative estimate of drug-likeness (QED) is 0.0189. The summed E-state index contributed by atoms with van der Waals surface area (Å²) in [5.74, 6) is -12.4. The van der Waals surface area contributed by atoms with Crippen molar-refractivity contribution in [1.82, 2.24) is 83.5 Å². The first-order valence-electron chi connectivity index (χ1n) is 37.8. The third-order valence-corrected chi connectivity index (χ3v) is 19.3. The predicted octanol–water partition coefficient (Wildman–Crippen LogP) is -3.59. The zero-order valence-corrected chi connectivity index (χ0v) is 65.6. The maximum atomic E-state index is 15.2. The first-order chi connectivity index (χ1) is 54.9. The highest BCUT2D eigenvalue weighted by molar-refractivity contribution is 7.99. The van der Waals surface area contributed by atoms with E-state index in [0.717, 1.165) is 16.5 Å². The van der Waals surface area contributed by atoms with Gasteiger partial charge < -0.3 is 113 Å². The molecule has 3 aromatic carbocycles. The molecule has 0 bridgehead atoms. The fraction of sp³-hybridized carbons (Fsp3) is 0.474. The van der Waals surface area contributed by atoms with Crippen LogP contribution in [0.4, 0.5) is 4.79 Å². The Morgan fingerprint density at radius 2 is 1.25 bits per heavy atom. The summed E-state index contributed by atoms with van der Waals surface area (Å²) in [4.78, 5) is 203. The first kappa shape index (κ1) is 92.5. The van der Waals surface area contributed by atoms with E-state index >= 15 is 4.79 Å². The molecule has 0 spiro atoms. The molecule has 1 aliphatic heterocycles. The smallest absolute Gasteiger partial charge is 0.345 e. The number of nitrogens with two attached hydrogens (primary N) is 5. The van der Waals surface area contributed by atoms with Gasteiger partial charge in [0.25, 0.3) is 5.91 Å². The number of aromatic nitrogens is 3. The zero-order chi connectivity index (χ0) is 84.4. The van der Waals surface area contributed by atoms with E-state index in [9.17, 15) is 77.6 Å². The number of carboxylic acid groups (broad SMARTS) is 1. The van der Waals surface area contributed by atoms with Gasteiger partial charge >= 0.3 is 12.0 Å². The van der Waals surface area contributed by atoms with Crippen molar-refractivity contribution in [2.45, 2.75) is 174 Å². The minimum absolute atomic E-state index is 0.00821. The van der Waals surface area contributed by atoms with Crippen molar-refractivity contribution < 1.29 is 82.4 Å². The van der Waals surface area contributed by atoms with E-state index in [0.29, 0.717) is 37.7 Å². The summed E-state index contributed by atoms with van der Waals surface area (Å²) >= 11 is 1.23. The van der Waals surface area contributed by atoms with Crippen LogP contribution in [0.2, 0.25) is 0 Å². The van der Waals surface area contributed by atoms with E-state index in [1.807, 2.05) is 0 Å². The molecule has 12 atom stereocenters. The molecule has 39 heteroatoms. The van der Waals surface area contributed by atoms with Gasteiger partial charge in [-0.15, -0.1) is 0 Å². The van der Waals surface area contributed by atoms with Crippen LogP contribution < -0.4 is 92.5 Å². The van der Waals surface area contributed by atoms with Crippen LogP contribution in [0.25, 0.3) is 23.1 Å². The number of hydrogen-bond donors (Lipinski definition) is 20.